The van der Waals surface area contributed by atoms with Gasteiger partial charge in [-0.2, -0.15) is 0 Å². The minimum absolute atomic E-state index is 0.0409. The van der Waals surface area contributed by atoms with E-state index in [-0.39, 0.29) is 16.2 Å². The van der Waals surface area contributed by atoms with Gasteiger partial charge < -0.3 is 10.6 Å². The van der Waals surface area contributed by atoms with Crippen molar-refractivity contribution in [2.75, 3.05) is 13.1 Å². The van der Waals surface area contributed by atoms with Gasteiger partial charge in [0, 0.05) is 7.05 Å². The van der Waals surface area contributed by atoms with Crippen molar-refractivity contribution in [2.24, 2.45) is 5.73 Å². The van der Waals surface area contributed by atoms with Crippen molar-refractivity contribution < 1.29 is 4.79 Å². The Labute approximate surface area is 79.7 Å². The van der Waals surface area contributed by atoms with E-state index in [1.165, 1.54) is 11.9 Å². The van der Waals surface area contributed by atoms with Crippen LogP contribution >= 0.6 is 34.8 Å². The molecule has 0 unspecified atom stereocenters. The summed E-state index contributed by atoms with van der Waals surface area (Å²) in [4.78, 5) is 12.2. The molecule has 0 aliphatic rings. The second kappa shape index (κ2) is 4.70. The first-order valence-electron chi connectivity index (χ1n) is 2.63. The van der Waals surface area contributed by atoms with E-state index in [2.05, 4.69) is 0 Å². The molecule has 2 N–H and O–H groups in total. The lowest BCUT2D eigenvalue weighted by Gasteiger charge is -2.11. The third-order valence-corrected chi connectivity index (χ3v) is 1.93. The van der Waals surface area contributed by atoms with Crippen molar-refractivity contribution in [3.05, 3.63) is 10.2 Å². The average Bonchev–Trinajstić information content (AvgIpc) is 2.00. The fourth-order valence-electron chi connectivity index (χ4n) is 0.324. The van der Waals surface area contributed by atoms with Gasteiger partial charge in [-0.05, 0) is 0 Å². The Hall–Kier alpha value is -0.120. The van der Waals surface area contributed by atoms with E-state index in [1.807, 2.05) is 0 Å². The molecule has 1 amide bonds. The number of halogens is 3. The molecule has 0 bridgehead atoms. The molecule has 3 nitrogen and oxygen atoms in total. The van der Waals surface area contributed by atoms with E-state index in [9.17, 15) is 4.79 Å². The number of carbonyl (C=O) groups is 1. The van der Waals surface area contributed by atoms with Crippen LogP contribution in [-0.4, -0.2) is 23.9 Å². The Balaban J connectivity index is 4.38. The first-order valence-corrected chi connectivity index (χ1v) is 3.92. The van der Waals surface area contributed by atoms with Crippen molar-refractivity contribution in [3.8, 4) is 0 Å². The highest BCUT2D eigenvalue weighted by Crippen LogP contribution is 2.11. The number of carbonyl (C=O) groups excluding carboxylic acids is 1. The van der Waals surface area contributed by atoms with Crippen LogP contribution in [0.3, 0.4) is 0 Å². The summed E-state index contributed by atoms with van der Waals surface area (Å²) < 4.78 is 0. The van der Waals surface area contributed by atoms with E-state index in [0.29, 0.717) is 0 Å². The molecule has 0 aliphatic carbocycles. The summed E-state index contributed by atoms with van der Waals surface area (Å²) in [5.74, 6) is -0.492. The van der Waals surface area contributed by atoms with Crippen LogP contribution in [0, 0.1) is 0 Å². The number of amides is 1. The van der Waals surface area contributed by atoms with Crippen LogP contribution in [0.2, 0.25) is 0 Å². The van der Waals surface area contributed by atoms with Crippen molar-refractivity contribution in [2.45, 2.75) is 0 Å². The number of nitrogens with two attached hydrogens (primary N) is 1. The number of likely N-dealkylation sites (N-methyl/N-ethyl adjacent to an activating group) is 1. The predicted molar refractivity (Wildman–Crippen MR) is 46.4 cm³/mol. The number of nitrogens with zero attached hydrogens (tertiary/aromatic N) is 1. The van der Waals surface area contributed by atoms with Gasteiger partial charge in [-0.1, -0.05) is 23.2 Å². The maximum atomic E-state index is 11.0. The SMILES string of the molecule is CN(CCl)C(=O)/C(Cl)=C(\N)Cl. The summed E-state index contributed by atoms with van der Waals surface area (Å²) in [6.45, 7) is 0. The number of rotatable bonds is 2. The highest BCUT2D eigenvalue weighted by molar-refractivity contribution is 6.47. The van der Waals surface area contributed by atoms with Crippen molar-refractivity contribution in [1.82, 2.24) is 4.90 Å². The molecule has 0 fully saturated rings. The van der Waals surface area contributed by atoms with Crippen molar-refractivity contribution in [1.29, 1.82) is 0 Å². The molecule has 64 valence electrons. The second-order valence-electron chi connectivity index (χ2n) is 1.78. The third kappa shape index (κ3) is 3.18. The Morgan fingerprint density at radius 2 is 2.00 bits per heavy atom. The lowest BCUT2D eigenvalue weighted by atomic mass is 10.5. The second-order valence-corrected chi connectivity index (χ2v) is 2.81. The van der Waals surface area contributed by atoms with Gasteiger partial charge in [-0.15, -0.1) is 11.6 Å². The average molecular weight is 217 g/mol. The summed E-state index contributed by atoms with van der Waals surface area (Å²) >= 11 is 16.0. The molecule has 0 atom stereocenters. The smallest absolute Gasteiger partial charge is 0.269 e. The van der Waals surface area contributed by atoms with Gasteiger partial charge in [0.15, 0.2) is 0 Å². The summed E-state index contributed by atoms with van der Waals surface area (Å²) in [6.07, 6.45) is 0. The van der Waals surface area contributed by atoms with Gasteiger partial charge in [0.25, 0.3) is 5.91 Å². The number of alkyl halides is 1. The fraction of sp³-hybridized carbons (Fsp3) is 0.400. The van der Waals surface area contributed by atoms with Gasteiger partial charge in [-0.3, -0.25) is 4.79 Å². The molecule has 11 heavy (non-hydrogen) atoms. The zero-order valence-electron chi connectivity index (χ0n) is 5.77. The van der Waals surface area contributed by atoms with Crippen molar-refractivity contribution >= 4 is 40.7 Å². The Bertz CT molecular complexity index is 188. The molecule has 6 heteroatoms. The molecule has 0 aromatic rings. The van der Waals surface area contributed by atoms with Crippen LogP contribution in [0.25, 0.3) is 0 Å². The first kappa shape index (κ1) is 10.9. The van der Waals surface area contributed by atoms with Crippen LogP contribution in [0.15, 0.2) is 10.2 Å². The van der Waals surface area contributed by atoms with Crippen LogP contribution in [0.4, 0.5) is 0 Å². The third-order valence-electron chi connectivity index (χ3n) is 0.923. The van der Waals surface area contributed by atoms with Crippen LogP contribution in [0.5, 0.6) is 0 Å². The maximum Gasteiger partial charge on any atom is 0.269 e. The molecule has 0 aliphatic heterocycles. The molecule has 0 aromatic heterocycles. The van der Waals surface area contributed by atoms with Gasteiger partial charge in [0.1, 0.15) is 10.2 Å². The highest BCUT2D eigenvalue weighted by atomic mass is 35.5. The van der Waals surface area contributed by atoms with E-state index in [4.69, 9.17) is 40.5 Å². The molecule has 0 rings (SSSR count). The minimum Gasteiger partial charge on any atom is -0.388 e. The standard InChI is InChI=1S/C5H7Cl3N2O/c1-10(2-6)5(11)3(7)4(8)9/h2,9H2,1H3/b4-3+. The molecule has 0 heterocycles. The van der Waals surface area contributed by atoms with E-state index in [0.717, 1.165) is 0 Å². The zero-order valence-corrected chi connectivity index (χ0v) is 8.04. The monoisotopic (exact) mass is 216 g/mol. The predicted octanol–water partition coefficient (Wildman–Crippen LogP) is 1.25. The molecule has 0 saturated carbocycles. The largest absolute Gasteiger partial charge is 0.388 e. The van der Waals surface area contributed by atoms with Gasteiger partial charge in [-0.25, -0.2) is 0 Å². The Kier molecular flexibility index (Phi) is 4.65. The molecule has 0 radical (unpaired) electrons. The zero-order chi connectivity index (χ0) is 9.02. The normalized spacial score (nSPS) is 12.4. The quantitative estimate of drug-likeness (QED) is 0.430. The van der Waals surface area contributed by atoms with E-state index in [1.54, 1.807) is 0 Å². The lowest BCUT2D eigenvalue weighted by Crippen LogP contribution is -2.26. The van der Waals surface area contributed by atoms with E-state index < -0.39 is 5.91 Å². The maximum absolute atomic E-state index is 11.0. The minimum atomic E-state index is -0.492. The molecule has 0 saturated heterocycles. The topological polar surface area (TPSA) is 46.3 Å². The lowest BCUT2D eigenvalue weighted by molar-refractivity contribution is -0.124. The Morgan fingerprint density at radius 1 is 1.55 bits per heavy atom. The van der Waals surface area contributed by atoms with Crippen LogP contribution < -0.4 is 5.73 Å². The fourth-order valence-corrected chi connectivity index (χ4v) is 0.658. The molecular weight excluding hydrogens is 210 g/mol. The van der Waals surface area contributed by atoms with Crippen LogP contribution in [-0.2, 0) is 4.79 Å². The number of hydrogen-bond donors (Lipinski definition) is 1. The van der Waals surface area contributed by atoms with Gasteiger partial charge in [0.2, 0.25) is 0 Å². The molecular formula is C5H7Cl3N2O. The Morgan fingerprint density at radius 3 is 2.27 bits per heavy atom. The summed E-state index contributed by atoms with van der Waals surface area (Å²) in [7, 11) is 1.48. The summed E-state index contributed by atoms with van der Waals surface area (Å²) in [6, 6.07) is 0.0409. The van der Waals surface area contributed by atoms with Gasteiger partial charge in [0.05, 0.1) is 6.00 Å². The molecule has 0 spiro atoms. The van der Waals surface area contributed by atoms with Gasteiger partial charge >= 0.3 is 0 Å². The van der Waals surface area contributed by atoms with E-state index >= 15 is 0 Å². The summed E-state index contributed by atoms with van der Waals surface area (Å²) in [5.41, 5.74) is 5.05. The molecule has 0 aromatic carbocycles. The van der Waals surface area contributed by atoms with Crippen LogP contribution in [0.1, 0.15) is 0 Å². The highest BCUT2D eigenvalue weighted by Gasteiger charge is 2.13. The van der Waals surface area contributed by atoms with Crippen molar-refractivity contribution in [3.63, 3.8) is 0 Å². The number of hydrogen-bond acceptors (Lipinski definition) is 2. The first-order chi connectivity index (χ1) is 5.00. The summed E-state index contributed by atoms with van der Waals surface area (Å²) in [5, 5.41) is -0.441.